The van der Waals surface area contributed by atoms with Crippen LogP contribution in [0.5, 0.6) is 0 Å². The van der Waals surface area contributed by atoms with Gasteiger partial charge in [-0.15, -0.1) is 0 Å². The molecule has 94 valence electrons. The van der Waals surface area contributed by atoms with Crippen molar-refractivity contribution in [3.8, 4) is 0 Å². The largest absolute Gasteiger partial charge is 0.381 e. The van der Waals surface area contributed by atoms with Crippen LogP contribution < -0.4 is 11.1 Å². The van der Waals surface area contributed by atoms with Crippen molar-refractivity contribution < 1.29 is 4.92 Å². The Kier molecular flexibility index (Phi) is 4.90. The van der Waals surface area contributed by atoms with Gasteiger partial charge in [0.1, 0.15) is 0 Å². The van der Waals surface area contributed by atoms with E-state index in [9.17, 15) is 10.1 Å². The first kappa shape index (κ1) is 13.4. The molecular formula is C12H19N3O2. The van der Waals surface area contributed by atoms with Crippen LogP contribution in [0.1, 0.15) is 20.3 Å². The average Bonchev–Trinajstić information content (AvgIpc) is 2.28. The summed E-state index contributed by atoms with van der Waals surface area (Å²) in [6.07, 6.45) is 0.944. The molecule has 0 saturated heterocycles. The van der Waals surface area contributed by atoms with Crippen LogP contribution in [0.3, 0.4) is 0 Å². The number of non-ortho nitro benzene ring substituents is 1. The molecule has 0 aromatic heterocycles. The Balaban J connectivity index is 2.72. The maximum absolute atomic E-state index is 10.6. The number of benzene rings is 1. The number of nitrogens with zero attached hydrogens (tertiary/aromatic N) is 1. The van der Waals surface area contributed by atoms with Gasteiger partial charge in [0.15, 0.2) is 0 Å². The molecule has 0 spiro atoms. The van der Waals surface area contributed by atoms with E-state index in [4.69, 9.17) is 5.73 Å². The molecule has 0 amide bonds. The van der Waals surface area contributed by atoms with Crippen LogP contribution in [0.2, 0.25) is 0 Å². The van der Waals surface area contributed by atoms with Gasteiger partial charge in [-0.1, -0.05) is 19.9 Å². The Bertz CT molecular complexity index is 380. The lowest BCUT2D eigenvalue weighted by molar-refractivity contribution is -0.384. The minimum absolute atomic E-state index is 0.0929. The van der Waals surface area contributed by atoms with Crippen molar-refractivity contribution in [1.82, 2.24) is 0 Å². The summed E-state index contributed by atoms with van der Waals surface area (Å²) in [5, 5.41) is 13.9. The van der Waals surface area contributed by atoms with Crippen molar-refractivity contribution in [3.05, 3.63) is 34.4 Å². The molecule has 3 N–H and O–H groups in total. The normalized spacial score (nSPS) is 12.5. The van der Waals surface area contributed by atoms with Gasteiger partial charge in [-0.25, -0.2) is 0 Å². The highest BCUT2D eigenvalue weighted by molar-refractivity contribution is 5.51. The maximum atomic E-state index is 10.6. The first-order chi connectivity index (χ1) is 8.02. The summed E-state index contributed by atoms with van der Waals surface area (Å²) in [5.74, 6) is 0.537. The Morgan fingerprint density at radius 1 is 1.47 bits per heavy atom. The zero-order valence-corrected chi connectivity index (χ0v) is 10.2. The molecule has 0 radical (unpaired) electrons. The number of nitrogens with one attached hydrogen (secondary N) is 1. The first-order valence-corrected chi connectivity index (χ1v) is 5.74. The van der Waals surface area contributed by atoms with Gasteiger partial charge in [0.2, 0.25) is 0 Å². The van der Waals surface area contributed by atoms with Crippen LogP contribution in [-0.2, 0) is 0 Å². The van der Waals surface area contributed by atoms with Gasteiger partial charge >= 0.3 is 0 Å². The van der Waals surface area contributed by atoms with Gasteiger partial charge in [-0.2, -0.15) is 0 Å². The standard InChI is InChI=1S/C12H19N3O2/c1-9(2)6-11(8-13)14-10-4-3-5-12(7-10)15(16)17/h3-5,7,9,11,14H,6,8,13H2,1-2H3. The van der Waals surface area contributed by atoms with E-state index in [2.05, 4.69) is 19.2 Å². The Hall–Kier alpha value is -1.62. The van der Waals surface area contributed by atoms with Crippen LogP contribution in [0.25, 0.3) is 0 Å². The van der Waals surface area contributed by atoms with E-state index >= 15 is 0 Å². The zero-order valence-electron chi connectivity index (χ0n) is 10.2. The molecule has 17 heavy (non-hydrogen) atoms. The SMILES string of the molecule is CC(C)CC(CN)Nc1cccc([N+](=O)[O-])c1. The molecule has 0 aliphatic rings. The molecule has 1 rings (SSSR count). The lowest BCUT2D eigenvalue weighted by Crippen LogP contribution is -2.30. The van der Waals surface area contributed by atoms with Gasteiger partial charge in [-0.3, -0.25) is 10.1 Å². The summed E-state index contributed by atoms with van der Waals surface area (Å²) in [6, 6.07) is 6.64. The minimum Gasteiger partial charge on any atom is -0.381 e. The van der Waals surface area contributed by atoms with E-state index in [1.807, 2.05) is 6.07 Å². The fraction of sp³-hybridized carbons (Fsp3) is 0.500. The van der Waals surface area contributed by atoms with Crippen LogP contribution in [0.15, 0.2) is 24.3 Å². The Labute approximate surface area is 101 Å². The second-order valence-corrected chi connectivity index (χ2v) is 4.51. The van der Waals surface area contributed by atoms with Gasteiger partial charge in [-0.05, 0) is 18.4 Å². The quantitative estimate of drug-likeness (QED) is 0.588. The van der Waals surface area contributed by atoms with Gasteiger partial charge < -0.3 is 11.1 Å². The van der Waals surface area contributed by atoms with Crippen LogP contribution in [0, 0.1) is 16.0 Å². The third-order valence-corrected chi connectivity index (χ3v) is 2.47. The molecule has 0 aliphatic carbocycles. The van der Waals surface area contributed by atoms with Crippen molar-refractivity contribution >= 4 is 11.4 Å². The summed E-state index contributed by atoms with van der Waals surface area (Å²) < 4.78 is 0. The van der Waals surface area contributed by atoms with Crippen molar-refractivity contribution in [2.75, 3.05) is 11.9 Å². The molecule has 1 atom stereocenters. The molecule has 1 aromatic carbocycles. The van der Waals surface area contributed by atoms with Crippen molar-refractivity contribution in [2.24, 2.45) is 11.7 Å². The molecular weight excluding hydrogens is 218 g/mol. The van der Waals surface area contributed by atoms with E-state index < -0.39 is 4.92 Å². The van der Waals surface area contributed by atoms with Crippen molar-refractivity contribution in [2.45, 2.75) is 26.3 Å². The molecule has 0 bridgehead atoms. The number of nitro groups is 1. The highest BCUT2D eigenvalue weighted by Crippen LogP contribution is 2.19. The molecule has 0 saturated carbocycles. The molecule has 1 unspecified atom stereocenters. The van der Waals surface area contributed by atoms with E-state index in [0.717, 1.165) is 12.1 Å². The third-order valence-electron chi connectivity index (χ3n) is 2.47. The lowest BCUT2D eigenvalue weighted by atomic mass is 10.0. The number of nitro benzene ring substituents is 1. The maximum Gasteiger partial charge on any atom is 0.271 e. The summed E-state index contributed by atoms with van der Waals surface area (Å²) in [4.78, 5) is 10.2. The molecule has 5 heteroatoms. The predicted molar refractivity (Wildman–Crippen MR) is 69.0 cm³/mol. The Morgan fingerprint density at radius 2 is 2.18 bits per heavy atom. The third kappa shape index (κ3) is 4.40. The average molecular weight is 237 g/mol. The smallest absolute Gasteiger partial charge is 0.271 e. The van der Waals surface area contributed by atoms with E-state index in [0.29, 0.717) is 12.5 Å². The Morgan fingerprint density at radius 3 is 2.71 bits per heavy atom. The molecule has 0 aliphatic heterocycles. The van der Waals surface area contributed by atoms with E-state index in [1.165, 1.54) is 12.1 Å². The molecule has 5 nitrogen and oxygen atoms in total. The monoisotopic (exact) mass is 237 g/mol. The molecule has 0 fully saturated rings. The second-order valence-electron chi connectivity index (χ2n) is 4.51. The fourth-order valence-electron chi connectivity index (χ4n) is 1.73. The predicted octanol–water partition coefficient (Wildman–Crippen LogP) is 2.38. The van der Waals surface area contributed by atoms with Gasteiger partial charge in [0.25, 0.3) is 5.69 Å². The zero-order chi connectivity index (χ0) is 12.8. The number of hydrogen-bond donors (Lipinski definition) is 2. The molecule has 0 heterocycles. The summed E-state index contributed by atoms with van der Waals surface area (Å²) in [5.41, 5.74) is 6.51. The second kappa shape index (κ2) is 6.20. The number of nitrogens with two attached hydrogens (primary N) is 1. The number of hydrogen-bond acceptors (Lipinski definition) is 4. The number of rotatable bonds is 6. The van der Waals surface area contributed by atoms with E-state index in [1.54, 1.807) is 6.07 Å². The first-order valence-electron chi connectivity index (χ1n) is 5.74. The summed E-state index contributed by atoms with van der Waals surface area (Å²) in [7, 11) is 0. The summed E-state index contributed by atoms with van der Waals surface area (Å²) in [6.45, 7) is 4.76. The van der Waals surface area contributed by atoms with Crippen LogP contribution >= 0.6 is 0 Å². The fourth-order valence-corrected chi connectivity index (χ4v) is 1.73. The van der Waals surface area contributed by atoms with Gasteiger partial charge in [0.05, 0.1) is 4.92 Å². The van der Waals surface area contributed by atoms with Crippen LogP contribution in [0.4, 0.5) is 11.4 Å². The number of anilines is 1. The highest BCUT2D eigenvalue weighted by atomic mass is 16.6. The van der Waals surface area contributed by atoms with Gasteiger partial charge in [0, 0.05) is 30.4 Å². The molecule has 1 aromatic rings. The van der Waals surface area contributed by atoms with Crippen molar-refractivity contribution in [3.63, 3.8) is 0 Å². The topological polar surface area (TPSA) is 81.2 Å². The van der Waals surface area contributed by atoms with E-state index in [-0.39, 0.29) is 11.7 Å². The summed E-state index contributed by atoms with van der Waals surface area (Å²) >= 11 is 0. The highest BCUT2D eigenvalue weighted by Gasteiger charge is 2.11. The van der Waals surface area contributed by atoms with Crippen LogP contribution in [-0.4, -0.2) is 17.5 Å². The minimum atomic E-state index is -0.398. The van der Waals surface area contributed by atoms with Crippen molar-refractivity contribution in [1.29, 1.82) is 0 Å². The lowest BCUT2D eigenvalue weighted by Gasteiger charge is -2.19.